The second kappa shape index (κ2) is 16.0. The Morgan fingerprint density at radius 3 is 2.73 bits per heavy atom. The lowest BCUT2D eigenvalue weighted by atomic mass is 9.92. The number of carbonyl (C=O) groups excluding carboxylic acids is 1. The summed E-state index contributed by atoms with van der Waals surface area (Å²) in [5, 5.41) is 26.9. The number of phosphoric acid groups is 1. The number of aromatic nitrogens is 1. The van der Waals surface area contributed by atoms with Gasteiger partial charge in [0.05, 0.1) is 30.3 Å². The van der Waals surface area contributed by atoms with Gasteiger partial charge in [0.1, 0.15) is 35.6 Å². The third-order valence-electron chi connectivity index (χ3n) is 7.26. The van der Waals surface area contributed by atoms with Crippen LogP contribution in [0.3, 0.4) is 0 Å². The van der Waals surface area contributed by atoms with Crippen LogP contribution < -0.4 is 15.4 Å². The Bertz CT molecular complexity index is 961. The molecule has 1 aromatic rings. The molecular formula is C25H41ClN3O9PS. The van der Waals surface area contributed by atoms with E-state index in [0.29, 0.717) is 25.5 Å². The molecule has 2 aliphatic rings. The van der Waals surface area contributed by atoms with Gasteiger partial charge < -0.3 is 40.1 Å². The first kappa shape index (κ1) is 33.5. The summed E-state index contributed by atoms with van der Waals surface area (Å²) in [5.74, 6) is 0.958. The summed E-state index contributed by atoms with van der Waals surface area (Å²) >= 11 is 7.45. The van der Waals surface area contributed by atoms with Crippen LogP contribution in [0.2, 0.25) is 0 Å². The maximum atomic E-state index is 13.3. The van der Waals surface area contributed by atoms with E-state index in [1.807, 2.05) is 12.1 Å². The van der Waals surface area contributed by atoms with Crippen molar-refractivity contribution in [2.75, 3.05) is 19.4 Å². The van der Waals surface area contributed by atoms with Crippen molar-refractivity contribution < 1.29 is 43.4 Å². The molecule has 9 atom stereocenters. The molecule has 6 N–H and O–H groups in total. The van der Waals surface area contributed by atoms with Gasteiger partial charge in [-0.3, -0.25) is 14.3 Å². The summed E-state index contributed by atoms with van der Waals surface area (Å²) in [7, 11) is -4.96. The van der Waals surface area contributed by atoms with E-state index in [-0.39, 0.29) is 5.91 Å². The number of thioether (sulfide) groups is 1. The van der Waals surface area contributed by atoms with E-state index in [1.165, 1.54) is 0 Å². The number of nitrogens with one attached hydrogen (secondary N) is 2. The van der Waals surface area contributed by atoms with E-state index in [0.717, 1.165) is 49.6 Å². The molecule has 0 bridgehead atoms. The topological polar surface area (TPSA) is 180 Å². The molecule has 2 saturated heterocycles. The number of halogens is 1. The lowest BCUT2D eigenvalue weighted by Gasteiger charge is -2.45. The van der Waals surface area contributed by atoms with Gasteiger partial charge >= 0.3 is 7.82 Å². The van der Waals surface area contributed by atoms with Gasteiger partial charge in [-0.2, -0.15) is 0 Å². The van der Waals surface area contributed by atoms with E-state index in [1.54, 1.807) is 25.6 Å². The van der Waals surface area contributed by atoms with Crippen molar-refractivity contribution in [1.82, 2.24) is 15.6 Å². The van der Waals surface area contributed by atoms with E-state index >= 15 is 0 Å². The Kier molecular flexibility index (Phi) is 13.4. The molecule has 0 spiro atoms. The van der Waals surface area contributed by atoms with Gasteiger partial charge in [-0.25, -0.2) is 4.57 Å². The molecule has 1 aromatic heterocycles. The Hall–Kier alpha value is -0.990. The number of pyridine rings is 1. The summed E-state index contributed by atoms with van der Waals surface area (Å²) in [6, 6.07) is 2.38. The van der Waals surface area contributed by atoms with Gasteiger partial charge in [-0.05, 0) is 69.9 Å². The largest absolute Gasteiger partial charge is 0.492 e. The van der Waals surface area contributed by atoms with Crippen molar-refractivity contribution in [3.63, 3.8) is 0 Å². The monoisotopic (exact) mass is 625 g/mol. The number of aliphatic hydroxyl groups excluding tert-OH is 2. The molecule has 3 rings (SSSR count). The molecule has 0 aromatic carbocycles. The van der Waals surface area contributed by atoms with Gasteiger partial charge in [0.25, 0.3) is 0 Å². The molecule has 40 heavy (non-hydrogen) atoms. The molecule has 3 heterocycles. The first-order valence-electron chi connectivity index (χ1n) is 13.5. The number of alkyl halides is 1. The van der Waals surface area contributed by atoms with Crippen LogP contribution in [0.25, 0.3) is 0 Å². The first-order chi connectivity index (χ1) is 19.0. The van der Waals surface area contributed by atoms with Crippen LogP contribution in [-0.2, 0) is 18.6 Å². The normalized spacial score (nSPS) is 31.1. The fourth-order valence-electron chi connectivity index (χ4n) is 5.12. The average Bonchev–Trinajstić information content (AvgIpc) is 3.16. The van der Waals surface area contributed by atoms with Gasteiger partial charge in [0.15, 0.2) is 0 Å². The van der Waals surface area contributed by atoms with Crippen LogP contribution in [0, 0.1) is 5.92 Å². The van der Waals surface area contributed by atoms with Crippen LogP contribution >= 0.6 is 31.2 Å². The van der Waals surface area contributed by atoms with E-state index in [9.17, 15) is 29.4 Å². The number of amides is 1. The molecular weight excluding hydrogens is 585 g/mol. The molecule has 0 aliphatic carbocycles. The number of unbranched alkanes of at least 4 members (excludes halogenated alkanes) is 1. The van der Waals surface area contributed by atoms with Gasteiger partial charge in [-0.1, -0.05) is 6.42 Å². The zero-order valence-corrected chi connectivity index (χ0v) is 25.1. The van der Waals surface area contributed by atoms with Crippen LogP contribution in [0.1, 0.15) is 45.4 Å². The molecule has 15 heteroatoms. The van der Waals surface area contributed by atoms with Gasteiger partial charge in [0, 0.05) is 6.20 Å². The second-order valence-corrected chi connectivity index (χ2v) is 13.0. The van der Waals surface area contributed by atoms with E-state index in [2.05, 4.69) is 20.1 Å². The summed E-state index contributed by atoms with van der Waals surface area (Å²) in [4.78, 5) is 35.7. The molecule has 2 fully saturated rings. The highest BCUT2D eigenvalue weighted by molar-refractivity contribution is 7.99. The number of rotatable bonds is 13. The van der Waals surface area contributed by atoms with E-state index in [4.69, 9.17) is 21.1 Å². The number of hydrogen-bond acceptors (Lipinski definition) is 10. The fraction of sp³-hybridized carbons (Fsp3) is 0.760. The molecule has 1 amide bonds. The highest BCUT2D eigenvalue weighted by Crippen LogP contribution is 2.43. The minimum atomic E-state index is -4.96. The fourth-order valence-corrected chi connectivity index (χ4v) is 6.69. The standard InChI is InChI=1S/C25H41ClN3O9PS/c1-15(26)19(22-20(30)21(31)23(25(37-22)40-2)38-39(33,34)35)29-24(32)18-9-8-16(10-12-28-18)6-3-4-13-36-17-7-5-11-27-14-17/h5,7,11,14-16,18-23,25,28,30-31H,3-4,6,8-10,12-13H2,1-2H3,(H,29,32)(H2,33,34,35)/t15-,16-,18-,19+,20+,21-,22?,23+,25+/m0/s1. The van der Waals surface area contributed by atoms with Gasteiger partial charge in [0.2, 0.25) is 5.91 Å². The minimum absolute atomic E-state index is 0.289. The van der Waals surface area contributed by atoms with Crippen LogP contribution in [-0.4, -0.2) is 97.6 Å². The van der Waals surface area contributed by atoms with Crippen molar-refractivity contribution >= 4 is 37.1 Å². The zero-order valence-electron chi connectivity index (χ0n) is 22.7. The minimum Gasteiger partial charge on any atom is -0.492 e. The zero-order chi connectivity index (χ0) is 29.3. The highest BCUT2D eigenvalue weighted by atomic mass is 35.5. The molecule has 0 saturated carbocycles. The Labute approximate surface area is 244 Å². The number of nitrogens with zero attached hydrogens (tertiary/aromatic N) is 1. The average molecular weight is 626 g/mol. The summed E-state index contributed by atoms with van der Waals surface area (Å²) in [5.41, 5.74) is -1.02. The van der Waals surface area contributed by atoms with Crippen molar-refractivity contribution in [1.29, 1.82) is 0 Å². The summed E-state index contributed by atoms with van der Waals surface area (Å²) in [6.07, 6.45) is 4.58. The molecule has 1 unspecified atom stereocenters. The number of ether oxygens (including phenoxy) is 2. The molecule has 2 aliphatic heterocycles. The molecule has 228 valence electrons. The number of phosphoric ester groups is 1. The Balaban J connectivity index is 1.50. The van der Waals surface area contributed by atoms with Crippen LogP contribution in [0.5, 0.6) is 5.75 Å². The predicted octanol–water partition coefficient (Wildman–Crippen LogP) is 1.79. The molecule has 12 nitrogen and oxygen atoms in total. The van der Waals surface area contributed by atoms with Crippen molar-refractivity contribution in [3.05, 3.63) is 24.5 Å². The summed E-state index contributed by atoms with van der Waals surface area (Å²) < 4.78 is 27.6. The van der Waals surface area contributed by atoms with Crippen molar-refractivity contribution in [2.45, 2.75) is 92.8 Å². The van der Waals surface area contributed by atoms with Crippen LogP contribution in [0.4, 0.5) is 0 Å². The van der Waals surface area contributed by atoms with E-state index < -0.39 is 55.1 Å². The lowest BCUT2D eigenvalue weighted by Crippen LogP contribution is -2.65. The third-order valence-corrected chi connectivity index (χ3v) is 8.90. The smallest absolute Gasteiger partial charge is 0.470 e. The van der Waals surface area contributed by atoms with Gasteiger partial charge in [-0.15, -0.1) is 23.4 Å². The second-order valence-electron chi connectivity index (χ2n) is 10.2. The number of hydrogen-bond donors (Lipinski definition) is 6. The maximum Gasteiger partial charge on any atom is 0.470 e. The lowest BCUT2D eigenvalue weighted by molar-refractivity contribution is -0.201. The van der Waals surface area contributed by atoms with Crippen molar-refractivity contribution in [3.8, 4) is 5.75 Å². The number of carbonyl (C=O) groups is 1. The summed E-state index contributed by atoms with van der Waals surface area (Å²) in [6.45, 7) is 2.95. The highest BCUT2D eigenvalue weighted by Gasteiger charge is 2.51. The SMILES string of the molecule is CS[C@H]1OC([C@H](NC(=O)[C@@H]2CC[C@H](CCCCOc3cccnc3)CCN2)[C@H](C)Cl)[C@H](O)[C@H](O)[C@H]1OP(=O)(O)O. The molecule has 0 radical (unpaired) electrons. The third kappa shape index (κ3) is 10.1. The maximum absolute atomic E-state index is 13.3. The predicted molar refractivity (Wildman–Crippen MR) is 151 cm³/mol. The Morgan fingerprint density at radius 2 is 2.08 bits per heavy atom. The van der Waals surface area contributed by atoms with Crippen LogP contribution in [0.15, 0.2) is 24.5 Å². The van der Waals surface area contributed by atoms with Crippen molar-refractivity contribution in [2.24, 2.45) is 5.92 Å². The first-order valence-corrected chi connectivity index (χ1v) is 16.7. The quantitative estimate of drug-likeness (QED) is 0.106. The Morgan fingerprint density at radius 1 is 1.30 bits per heavy atom. The number of aliphatic hydroxyl groups is 2.